The molecule has 0 spiro atoms. The van der Waals surface area contributed by atoms with E-state index in [1.807, 2.05) is 10.6 Å². The zero-order valence-electron chi connectivity index (χ0n) is 10.8. The predicted octanol–water partition coefficient (Wildman–Crippen LogP) is 3.06. The second kappa shape index (κ2) is 5.17. The maximum atomic E-state index is 13.6. The Kier molecular flexibility index (Phi) is 3.36. The molecule has 2 heterocycles. The van der Waals surface area contributed by atoms with E-state index >= 15 is 0 Å². The minimum absolute atomic E-state index is 0.259. The van der Waals surface area contributed by atoms with Crippen molar-refractivity contribution in [1.82, 2.24) is 19.5 Å². The fraction of sp³-hybridized carbons (Fsp3) is 0.214. The fourth-order valence-electron chi connectivity index (χ4n) is 2.15. The highest BCUT2D eigenvalue weighted by Crippen LogP contribution is 2.22. The van der Waals surface area contributed by atoms with Gasteiger partial charge in [0, 0.05) is 12.3 Å². The Bertz CT molecular complexity index is 755. The van der Waals surface area contributed by atoms with Crippen molar-refractivity contribution in [2.24, 2.45) is 0 Å². The summed E-state index contributed by atoms with van der Waals surface area (Å²) in [6, 6.07) is 5.06. The van der Waals surface area contributed by atoms with Gasteiger partial charge in [-0.1, -0.05) is 0 Å². The Labute approximate surface area is 120 Å². The van der Waals surface area contributed by atoms with Crippen LogP contribution in [0, 0.1) is 12.7 Å². The van der Waals surface area contributed by atoms with Crippen LogP contribution in [0.1, 0.15) is 17.1 Å². The summed E-state index contributed by atoms with van der Waals surface area (Å²) in [6.07, 6.45) is 3.19. The van der Waals surface area contributed by atoms with Gasteiger partial charge in [-0.2, -0.15) is 0 Å². The molecule has 0 aliphatic heterocycles. The van der Waals surface area contributed by atoms with Crippen LogP contribution < -0.4 is 0 Å². The summed E-state index contributed by atoms with van der Waals surface area (Å²) in [5.74, 6) is 0.705. The minimum Gasteiger partial charge on any atom is -0.321 e. The monoisotopic (exact) mass is 290 g/mol. The number of fused-ring (bicyclic) bond motifs is 1. The zero-order chi connectivity index (χ0) is 14.1. The van der Waals surface area contributed by atoms with Crippen molar-refractivity contribution >= 4 is 22.6 Å². The van der Waals surface area contributed by atoms with Gasteiger partial charge in [-0.05, 0) is 24.6 Å². The second-order valence-electron chi connectivity index (χ2n) is 4.54. The maximum absolute atomic E-state index is 13.6. The molecule has 3 rings (SSSR count). The van der Waals surface area contributed by atoms with Gasteiger partial charge in [-0.15, -0.1) is 11.6 Å². The highest BCUT2D eigenvalue weighted by atomic mass is 35.5. The Morgan fingerprint density at radius 2 is 2.20 bits per heavy atom. The van der Waals surface area contributed by atoms with Crippen LogP contribution in [0.3, 0.4) is 0 Å². The van der Waals surface area contributed by atoms with Gasteiger partial charge in [-0.3, -0.25) is 0 Å². The zero-order valence-corrected chi connectivity index (χ0v) is 11.6. The molecule has 0 saturated carbocycles. The number of aromatic nitrogens is 4. The van der Waals surface area contributed by atoms with E-state index in [4.69, 9.17) is 11.6 Å². The topological polar surface area (TPSA) is 43.6 Å². The summed E-state index contributed by atoms with van der Waals surface area (Å²) in [4.78, 5) is 12.5. The van der Waals surface area contributed by atoms with E-state index in [1.54, 1.807) is 19.2 Å². The predicted molar refractivity (Wildman–Crippen MR) is 75.1 cm³/mol. The molecule has 20 heavy (non-hydrogen) atoms. The van der Waals surface area contributed by atoms with E-state index < -0.39 is 0 Å². The Balaban J connectivity index is 2.15. The van der Waals surface area contributed by atoms with Gasteiger partial charge in [0.15, 0.2) is 0 Å². The van der Waals surface area contributed by atoms with Crippen LogP contribution in [-0.4, -0.2) is 19.5 Å². The number of hydrogen-bond donors (Lipinski definition) is 0. The van der Waals surface area contributed by atoms with Crippen LogP contribution in [-0.2, 0) is 12.4 Å². The Hall–Kier alpha value is -2.01. The lowest BCUT2D eigenvalue weighted by Gasteiger charge is -2.07. The molecule has 1 aromatic carbocycles. The maximum Gasteiger partial charge on any atom is 0.128 e. The SMILES string of the molecule is Cc1cc2c(cc1F)nc(CCl)n2Cc1ccncn1. The third kappa shape index (κ3) is 2.25. The Morgan fingerprint density at radius 3 is 2.90 bits per heavy atom. The smallest absolute Gasteiger partial charge is 0.128 e. The number of benzene rings is 1. The highest BCUT2D eigenvalue weighted by molar-refractivity contribution is 6.16. The first-order valence-electron chi connectivity index (χ1n) is 6.15. The molecule has 0 fully saturated rings. The quantitative estimate of drug-likeness (QED) is 0.696. The van der Waals surface area contributed by atoms with Gasteiger partial charge in [0.2, 0.25) is 0 Å². The van der Waals surface area contributed by atoms with Crippen molar-refractivity contribution in [2.45, 2.75) is 19.3 Å². The van der Waals surface area contributed by atoms with Gasteiger partial charge in [0.05, 0.1) is 29.2 Å². The number of imidazole rings is 1. The first kappa shape index (κ1) is 13.0. The van der Waals surface area contributed by atoms with Crippen molar-refractivity contribution in [3.63, 3.8) is 0 Å². The first-order valence-corrected chi connectivity index (χ1v) is 6.68. The van der Waals surface area contributed by atoms with Crippen molar-refractivity contribution < 1.29 is 4.39 Å². The molecule has 2 aromatic heterocycles. The van der Waals surface area contributed by atoms with E-state index in [0.717, 1.165) is 11.2 Å². The molecule has 0 bridgehead atoms. The van der Waals surface area contributed by atoms with Crippen molar-refractivity contribution in [3.8, 4) is 0 Å². The van der Waals surface area contributed by atoms with Crippen LogP contribution >= 0.6 is 11.6 Å². The van der Waals surface area contributed by atoms with Crippen LogP contribution in [0.4, 0.5) is 4.39 Å². The third-order valence-corrected chi connectivity index (χ3v) is 3.43. The van der Waals surface area contributed by atoms with E-state index in [2.05, 4.69) is 15.0 Å². The van der Waals surface area contributed by atoms with Crippen LogP contribution in [0.15, 0.2) is 30.7 Å². The van der Waals surface area contributed by atoms with Gasteiger partial charge in [0.1, 0.15) is 18.0 Å². The van der Waals surface area contributed by atoms with Gasteiger partial charge >= 0.3 is 0 Å². The molecular weight excluding hydrogens is 279 g/mol. The minimum atomic E-state index is -0.259. The summed E-state index contributed by atoms with van der Waals surface area (Å²) >= 11 is 5.94. The normalized spacial score (nSPS) is 11.2. The van der Waals surface area contributed by atoms with Crippen molar-refractivity contribution in [1.29, 1.82) is 0 Å². The molecule has 0 aliphatic rings. The fourth-order valence-corrected chi connectivity index (χ4v) is 2.36. The number of aryl methyl sites for hydroxylation is 1. The van der Waals surface area contributed by atoms with Crippen LogP contribution in [0.25, 0.3) is 11.0 Å². The lowest BCUT2D eigenvalue weighted by atomic mass is 10.2. The standard InChI is InChI=1S/C14H12ClFN4/c1-9-4-13-12(5-11(9)16)19-14(6-15)20(13)7-10-2-3-17-8-18-10/h2-5,8H,6-7H2,1H3. The Morgan fingerprint density at radius 1 is 1.35 bits per heavy atom. The van der Waals surface area contributed by atoms with Crippen LogP contribution in [0.5, 0.6) is 0 Å². The lowest BCUT2D eigenvalue weighted by molar-refractivity contribution is 0.620. The summed E-state index contributed by atoms with van der Waals surface area (Å²) in [5.41, 5.74) is 2.91. The molecule has 0 saturated heterocycles. The number of rotatable bonds is 3. The summed E-state index contributed by atoms with van der Waals surface area (Å²) < 4.78 is 15.6. The van der Waals surface area contributed by atoms with E-state index in [1.165, 1.54) is 12.4 Å². The van der Waals surface area contributed by atoms with E-state index in [0.29, 0.717) is 23.4 Å². The van der Waals surface area contributed by atoms with E-state index in [-0.39, 0.29) is 11.7 Å². The largest absolute Gasteiger partial charge is 0.321 e. The van der Waals surface area contributed by atoms with Gasteiger partial charge in [-0.25, -0.2) is 19.3 Å². The number of hydrogen-bond acceptors (Lipinski definition) is 3. The average molecular weight is 291 g/mol. The molecule has 6 heteroatoms. The molecule has 0 radical (unpaired) electrons. The molecule has 102 valence electrons. The number of alkyl halides is 1. The molecule has 0 aliphatic carbocycles. The molecule has 0 unspecified atom stereocenters. The third-order valence-electron chi connectivity index (χ3n) is 3.19. The van der Waals surface area contributed by atoms with Gasteiger partial charge < -0.3 is 4.57 Å². The second-order valence-corrected chi connectivity index (χ2v) is 4.81. The highest BCUT2D eigenvalue weighted by Gasteiger charge is 2.13. The van der Waals surface area contributed by atoms with E-state index in [9.17, 15) is 4.39 Å². The molecule has 4 nitrogen and oxygen atoms in total. The summed E-state index contributed by atoms with van der Waals surface area (Å²) in [5, 5.41) is 0. The number of halogens is 2. The summed E-state index contributed by atoms with van der Waals surface area (Å²) in [7, 11) is 0. The molecular formula is C14H12ClFN4. The molecule has 3 aromatic rings. The van der Waals surface area contributed by atoms with Crippen molar-refractivity contribution in [3.05, 3.63) is 53.6 Å². The average Bonchev–Trinajstić information content (AvgIpc) is 2.78. The summed E-state index contributed by atoms with van der Waals surface area (Å²) in [6.45, 7) is 2.27. The lowest BCUT2D eigenvalue weighted by Crippen LogP contribution is -2.05. The molecule has 0 amide bonds. The van der Waals surface area contributed by atoms with Crippen molar-refractivity contribution in [2.75, 3.05) is 0 Å². The molecule has 0 N–H and O–H groups in total. The molecule has 0 atom stereocenters. The van der Waals surface area contributed by atoms with Gasteiger partial charge in [0.25, 0.3) is 0 Å². The first-order chi connectivity index (χ1) is 9.69. The van der Waals surface area contributed by atoms with Crippen LogP contribution in [0.2, 0.25) is 0 Å². The number of nitrogens with zero attached hydrogens (tertiary/aromatic N) is 4.